The fourth-order valence-electron chi connectivity index (χ4n) is 2.35. The van der Waals surface area contributed by atoms with Gasteiger partial charge in [-0.1, -0.05) is 30.3 Å². The summed E-state index contributed by atoms with van der Waals surface area (Å²) in [7, 11) is 0. The molecule has 0 saturated heterocycles. The van der Waals surface area contributed by atoms with E-state index < -0.39 is 0 Å². The molecule has 0 saturated carbocycles. The largest absolute Gasteiger partial charge is 0.293 e. The molecule has 0 unspecified atom stereocenters. The Kier molecular flexibility index (Phi) is 4.89. The average Bonchev–Trinajstić information content (AvgIpc) is 2.96. The minimum Gasteiger partial charge on any atom is -0.293 e. The lowest BCUT2D eigenvalue weighted by Gasteiger charge is -2.00. The van der Waals surface area contributed by atoms with Crippen molar-refractivity contribution in [3.05, 3.63) is 64.3 Å². The normalized spacial score (nSPS) is 10.7. The lowest BCUT2D eigenvalue weighted by atomic mass is 10.1. The number of fused-ring (bicyclic) bond motifs is 1. The van der Waals surface area contributed by atoms with E-state index in [0.29, 0.717) is 21.2 Å². The number of thioether (sulfide) groups is 1. The minimum absolute atomic E-state index is 0.0214. The summed E-state index contributed by atoms with van der Waals surface area (Å²) in [5.74, 6) is 0.202. The SMILES string of the molecule is CCc1ccn2nc(SCC(=O)c3ccc(Cl)cc3)c(C#N)c2c1. The van der Waals surface area contributed by atoms with Crippen molar-refractivity contribution in [1.29, 1.82) is 5.26 Å². The molecule has 4 nitrogen and oxygen atoms in total. The van der Waals surface area contributed by atoms with Crippen LogP contribution in [0.4, 0.5) is 0 Å². The van der Waals surface area contributed by atoms with Crippen LogP contribution in [-0.2, 0) is 6.42 Å². The zero-order valence-corrected chi connectivity index (χ0v) is 14.6. The van der Waals surface area contributed by atoms with E-state index in [1.165, 1.54) is 11.8 Å². The van der Waals surface area contributed by atoms with Crippen LogP contribution in [0.5, 0.6) is 0 Å². The highest BCUT2D eigenvalue weighted by Gasteiger charge is 2.15. The Bertz CT molecular complexity index is 941. The predicted octanol–water partition coefficient (Wildman–Crippen LogP) is 4.40. The van der Waals surface area contributed by atoms with Crippen LogP contribution in [-0.4, -0.2) is 21.2 Å². The van der Waals surface area contributed by atoms with Crippen LogP contribution in [0.2, 0.25) is 5.02 Å². The maximum Gasteiger partial charge on any atom is 0.173 e. The van der Waals surface area contributed by atoms with Crippen molar-refractivity contribution in [1.82, 2.24) is 9.61 Å². The van der Waals surface area contributed by atoms with Gasteiger partial charge in [-0.15, -0.1) is 0 Å². The molecular weight excluding hydrogens is 342 g/mol. The molecule has 3 rings (SSSR count). The van der Waals surface area contributed by atoms with Gasteiger partial charge in [0.25, 0.3) is 0 Å². The Morgan fingerprint density at radius 2 is 2.08 bits per heavy atom. The van der Waals surface area contributed by atoms with Crippen LogP contribution in [0.1, 0.15) is 28.4 Å². The monoisotopic (exact) mass is 355 g/mol. The van der Waals surface area contributed by atoms with Crippen LogP contribution >= 0.6 is 23.4 Å². The first-order valence-corrected chi connectivity index (χ1v) is 8.81. The number of pyridine rings is 1. The molecule has 0 fully saturated rings. The van der Waals surface area contributed by atoms with Crippen molar-refractivity contribution in [2.75, 3.05) is 5.75 Å². The van der Waals surface area contributed by atoms with Gasteiger partial charge in [0.2, 0.25) is 0 Å². The number of aryl methyl sites for hydroxylation is 1. The molecule has 6 heteroatoms. The summed E-state index contributed by atoms with van der Waals surface area (Å²) in [6.07, 6.45) is 2.74. The highest BCUT2D eigenvalue weighted by atomic mass is 35.5. The quantitative estimate of drug-likeness (QED) is 0.503. The first kappa shape index (κ1) is 16.6. The zero-order chi connectivity index (χ0) is 17.1. The summed E-state index contributed by atoms with van der Waals surface area (Å²) in [6.45, 7) is 2.06. The molecule has 24 heavy (non-hydrogen) atoms. The molecule has 0 spiro atoms. The van der Waals surface area contributed by atoms with E-state index in [0.717, 1.165) is 17.5 Å². The van der Waals surface area contributed by atoms with Crippen LogP contribution in [0.25, 0.3) is 5.52 Å². The Morgan fingerprint density at radius 1 is 1.33 bits per heavy atom. The number of carbonyl (C=O) groups excluding carboxylic acids is 1. The minimum atomic E-state index is -0.0214. The van der Waals surface area contributed by atoms with Crippen molar-refractivity contribution >= 4 is 34.7 Å². The number of halogens is 1. The fraction of sp³-hybridized carbons (Fsp3) is 0.167. The van der Waals surface area contributed by atoms with Crippen molar-refractivity contribution in [2.45, 2.75) is 18.4 Å². The molecular formula is C18H14ClN3OS. The van der Waals surface area contributed by atoms with Gasteiger partial charge < -0.3 is 0 Å². The maximum absolute atomic E-state index is 12.3. The Balaban J connectivity index is 1.83. The number of ketones is 1. The van der Waals surface area contributed by atoms with E-state index in [4.69, 9.17) is 11.6 Å². The molecule has 2 aromatic heterocycles. The molecule has 0 aliphatic heterocycles. The van der Waals surface area contributed by atoms with Crippen molar-refractivity contribution in [3.63, 3.8) is 0 Å². The number of carbonyl (C=O) groups is 1. The summed E-state index contributed by atoms with van der Waals surface area (Å²) in [4.78, 5) is 12.3. The number of aromatic nitrogens is 2. The molecule has 120 valence electrons. The Morgan fingerprint density at radius 3 is 2.75 bits per heavy atom. The van der Waals surface area contributed by atoms with Gasteiger partial charge in [-0.05, 0) is 48.4 Å². The van der Waals surface area contributed by atoms with E-state index in [1.807, 2.05) is 18.3 Å². The highest BCUT2D eigenvalue weighted by molar-refractivity contribution is 8.00. The number of nitrogens with zero attached hydrogens (tertiary/aromatic N) is 3. The van der Waals surface area contributed by atoms with Gasteiger partial charge in [0.15, 0.2) is 5.78 Å². The summed E-state index contributed by atoms with van der Waals surface area (Å²) in [6, 6.07) is 12.9. The lowest BCUT2D eigenvalue weighted by Crippen LogP contribution is -2.02. The third-order valence-corrected chi connectivity index (χ3v) is 4.91. The molecule has 0 amide bonds. The molecule has 0 N–H and O–H groups in total. The van der Waals surface area contributed by atoms with Gasteiger partial charge >= 0.3 is 0 Å². The second-order valence-electron chi connectivity index (χ2n) is 5.23. The molecule has 1 aromatic carbocycles. The van der Waals surface area contributed by atoms with Crippen molar-refractivity contribution in [3.8, 4) is 6.07 Å². The summed E-state index contributed by atoms with van der Waals surface area (Å²) in [5, 5.41) is 15.1. The van der Waals surface area contributed by atoms with Crippen molar-refractivity contribution in [2.24, 2.45) is 0 Å². The third-order valence-electron chi connectivity index (χ3n) is 3.69. The summed E-state index contributed by atoms with van der Waals surface area (Å²) < 4.78 is 1.69. The number of nitriles is 1. The Labute approximate surface area is 149 Å². The van der Waals surface area contributed by atoms with Crippen molar-refractivity contribution < 1.29 is 4.79 Å². The van der Waals surface area contributed by atoms with E-state index in [-0.39, 0.29) is 11.5 Å². The Hall–Kier alpha value is -2.29. The van der Waals surface area contributed by atoms with Crippen LogP contribution in [0.3, 0.4) is 0 Å². The second kappa shape index (κ2) is 7.08. The third kappa shape index (κ3) is 3.30. The van der Waals surface area contributed by atoms with Gasteiger partial charge in [0, 0.05) is 16.8 Å². The van der Waals surface area contributed by atoms with Gasteiger partial charge in [-0.2, -0.15) is 10.4 Å². The summed E-state index contributed by atoms with van der Waals surface area (Å²) >= 11 is 7.11. The summed E-state index contributed by atoms with van der Waals surface area (Å²) in [5.41, 5.74) is 3.03. The molecule has 0 aliphatic carbocycles. The van der Waals surface area contributed by atoms with Gasteiger partial charge in [-0.25, -0.2) is 4.52 Å². The number of rotatable bonds is 5. The van der Waals surface area contributed by atoms with Gasteiger partial charge in [0.05, 0.1) is 11.3 Å². The molecule has 0 bridgehead atoms. The highest BCUT2D eigenvalue weighted by Crippen LogP contribution is 2.26. The fourth-order valence-corrected chi connectivity index (χ4v) is 3.35. The molecule has 0 radical (unpaired) electrons. The van der Waals surface area contributed by atoms with Crippen LogP contribution in [0, 0.1) is 11.3 Å². The number of hydrogen-bond donors (Lipinski definition) is 0. The van der Waals surface area contributed by atoms with Gasteiger partial charge in [0.1, 0.15) is 16.7 Å². The molecule has 2 heterocycles. The van der Waals surface area contributed by atoms with Crippen LogP contribution < -0.4 is 0 Å². The number of hydrogen-bond acceptors (Lipinski definition) is 4. The van der Waals surface area contributed by atoms with E-state index in [2.05, 4.69) is 18.1 Å². The lowest BCUT2D eigenvalue weighted by molar-refractivity contribution is 0.102. The maximum atomic E-state index is 12.3. The number of Topliss-reactive ketones (excluding diaryl/α,β-unsaturated/α-hetero) is 1. The van der Waals surface area contributed by atoms with E-state index >= 15 is 0 Å². The molecule has 3 aromatic rings. The van der Waals surface area contributed by atoms with E-state index in [9.17, 15) is 10.1 Å². The second-order valence-corrected chi connectivity index (χ2v) is 6.63. The van der Waals surface area contributed by atoms with Gasteiger partial charge in [-0.3, -0.25) is 4.79 Å². The zero-order valence-electron chi connectivity index (χ0n) is 13.0. The molecule has 0 atom stereocenters. The topological polar surface area (TPSA) is 58.2 Å². The standard InChI is InChI=1S/C18H14ClN3OS/c1-2-12-7-8-22-16(9-12)15(10-20)18(21-22)24-11-17(23)13-3-5-14(19)6-4-13/h3-9H,2,11H2,1H3. The molecule has 0 aliphatic rings. The van der Waals surface area contributed by atoms with E-state index in [1.54, 1.807) is 28.8 Å². The first-order chi connectivity index (χ1) is 11.6. The number of benzene rings is 1. The first-order valence-electron chi connectivity index (χ1n) is 7.45. The smallest absolute Gasteiger partial charge is 0.173 e. The average molecular weight is 356 g/mol. The predicted molar refractivity (Wildman–Crippen MR) is 95.8 cm³/mol. The van der Waals surface area contributed by atoms with Crippen LogP contribution in [0.15, 0.2) is 47.6 Å².